The zero-order valence-corrected chi connectivity index (χ0v) is 21.3. The molecule has 0 saturated carbocycles. The minimum atomic E-state index is -0.0366. The molecule has 2 unspecified atom stereocenters. The topological polar surface area (TPSA) is 0 Å². The fraction of sp³-hybridized carbons (Fsp3) is 0.379. The predicted octanol–water partition coefficient (Wildman–Crippen LogP) is 9.45. The van der Waals surface area contributed by atoms with Crippen molar-refractivity contribution in [1.82, 2.24) is 0 Å². The summed E-state index contributed by atoms with van der Waals surface area (Å²) in [5, 5.41) is -0.0366. The number of rotatable bonds is 11. The standard InChI is InChI=1S/C29H33Cl3/c1-21(2)17-23-5-3-22(4-6-23)7-16-28(26-12-8-24(19-30)9-13-26)18-29(32)27-14-10-25(20-31)11-15-27/h3-6,8-15,21,28-29H,7,16-20H2,1-2H3. The van der Waals surface area contributed by atoms with Gasteiger partial charge < -0.3 is 0 Å². The van der Waals surface area contributed by atoms with Crippen LogP contribution in [0.5, 0.6) is 0 Å². The van der Waals surface area contributed by atoms with Gasteiger partial charge in [-0.05, 0) is 70.9 Å². The third kappa shape index (κ3) is 7.55. The molecule has 0 spiro atoms. The largest absolute Gasteiger partial charge is 0.122 e. The van der Waals surface area contributed by atoms with Gasteiger partial charge in [0.05, 0.1) is 5.38 Å². The van der Waals surface area contributed by atoms with E-state index in [2.05, 4.69) is 86.6 Å². The summed E-state index contributed by atoms with van der Waals surface area (Å²) in [4.78, 5) is 0. The molecule has 3 aromatic rings. The monoisotopic (exact) mass is 486 g/mol. The van der Waals surface area contributed by atoms with E-state index in [1.165, 1.54) is 16.7 Å². The van der Waals surface area contributed by atoms with Crippen LogP contribution in [0.2, 0.25) is 0 Å². The second kappa shape index (κ2) is 12.7. The van der Waals surface area contributed by atoms with Crippen molar-refractivity contribution in [3.8, 4) is 0 Å². The zero-order valence-electron chi connectivity index (χ0n) is 19.0. The van der Waals surface area contributed by atoms with Crippen LogP contribution in [0.4, 0.5) is 0 Å². The van der Waals surface area contributed by atoms with Crippen molar-refractivity contribution < 1.29 is 0 Å². The van der Waals surface area contributed by atoms with E-state index in [0.29, 0.717) is 23.6 Å². The first-order valence-corrected chi connectivity index (χ1v) is 13.0. The van der Waals surface area contributed by atoms with Crippen LogP contribution >= 0.6 is 34.8 Å². The van der Waals surface area contributed by atoms with Crippen molar-refractivity contribution in [3.63, 3.8) is 0 Å². The van der Waals surface area contributed by atoms with Crippen LogP contribution in [0.3, 0.4) is 0 Å². The maximum atomic E-state index is 6.90. The molecule has 0 heterocycles. The molecule has 0 fully saturated rings. The SMILES string of the molecule is CC(C)Cc1ccc(CCC(CC(Cl)c2ccc(CCl)cc2)c2ccc(CCl)cc2)cc1. The molecule has 3 rings (SSSR count). The summed E-state index contributed by atoms with van der Waals surface area (Å²) in [6.45, 7) is 4.53. The van der Waals surface area contributed by atoms with Gasteiger partial charge in [-0.2, -0.15) is 0 Å². The molecular weight excluding hydrogens is 455 g/mol. The van der Waals surface area contributed by atoms with Gasteiger partial charge in [-0.1, -0.05) is 86.6 Å². The smallest absolute Gasteiger partial charge is 0.0591 e. The Morgan fingerprint density at radius 1 is 0.625 bits per heavy atom. The lowest BCUT2D eigenvalue weighted by Gasteiger charge is -2.21. The molecule has 32 heavy (non-hydrogen) atoms. The van der Waals surface area contributed by atoms with E-state index in [1.54, 1.807) is 0 Å². The molecule has 0 bridgehead atoms. The van der Waals surface area contributed by atoms with E-state index in [1.807, 2.05) is 0 Å². The molecule has 0 aromatic heterocycles. The first-order valence-electron chi connectivity index (χ1n) is 11.5. The molecule has 0 aliphatic carbocycles. The Morgan fingerprint density at radius 2 is 1.09 bits per heavy atom. The number of benzene rings is 3. The lowest BCUT2D eigenvalue weighted by atomic mass is 9.86. The summed E-state index contributed by atoms with van der Waals surface area (Å²) < 4.78 is 0. The normalized spacial score (nSPS) is 13.3. The highest BCUT2D eigenvalue weighted by Gasteiger charge is 2.18. The molecule has 0 aliphatic rings. The third-order valence-electron chi connectivity index (χ3n) is 6.04. The molecular formula is C29H33Cl3. The molecule has 0 N–H and O–H groups in total. The van der Waals surface area contributed by atoms with Crippen LogP contribution in [0.15, 0.2) is 72.8 Å². The van der Waals surface area contributed by atoms with Gasteiger partial charge in [0.15, 0.2) is 0 Å². The van der Waals surface area contributed by atoms with E-state index in [-0.39, 0.29) is 5.38 Å². The van der Waals surface area contributed by atoms with Crippen LogP contribution in [-0.2, 0) is 24.6 Å². The maximum Gasteiger partial charge on any atom is 0.0591 e. The Kier molecular flexibility index (Phi) is 9.97. The van der Waals surface area contributed by atoms with Crippen molar-refractivity contribution in [1.29, 1.82) is 0 Å². The van der Waals surface area contributed by atoms with E-state index >= 15 is 0 Å². The molecule has 2 atom stereocenters. The van der Waals surface area contributed by atoms with Gasteiger partial charge in [0.1, 0.15) is 0 Å². The summed E-state index contributed by atoms with van der Waals surface area (Å²) >= 11 is 18.8. The van der Waals surface area contributed by atoms with Crippen LogP contribution < -0.4 is 0 Å². The number of aryl methyl sites for hydroxylation is 1. The Morgan fingerprint density at radius 3 is 1.59 bits per heavy atom. The average Bonchev–Trinajstić information content (AvgIpc) is 2.82. The predicted molar refractivity (Wildman–Crippen MR) is 141 cm³/mol. The van der Waals surface area contributed by atoms with Gasteiger partial charge in [0.25, 0.3) is 0 Å². The highest BCUT2D eigenvalue weighted by atomic mass is 35.5. The van der Waals surface area contributed by atoms with Gasteiger partial charge in [0.2, 0.25) is 0 Å². The maximum absolute atomic E-state index is 6.90. The average molecular weight is 488 g/mol. The summed E-state index contributed by atoms with van der Waals surface area (Å²) in [5.41, 5.74) is 7.55. The summed E-state index contributed by atoms with van der Waals surface area (Å²) in [6.07, 6.45) is 4.13. The van der Waals surface area contributed by atoms with Gasteiger partial charge in [-0.15, -0.1) is 34.8 Å². The van der Waals surface area contributed by atoms with Gasteiger partial charge in [0, 0.05) is 11.8 Å². The fourth-order valence-electron chi connectivity index (χ4n) is 4.16. The Balaban J connectivity index is 1.72. The van der Waals surface area contributed by atoms with Crippen molar-refractivity contribution in [2.45, 2.75) is 62.6 Å². The molecule has 0 radical (unpaired) electrons. The molecule has 3 heteroatoms. The zero-order chi connectivity index (χ0) is 22.9. The molecule has 170 valence electrons. The van der Waals surface area contributed by atoms with Crippen LogP contribution in [-0.4, -0.2) is 0 Å². The summed E-state index contributed by atoms with van der Waals surface area (Å²) in [6, 6.07) is 26.2. The number of hydrogen-bond acceptors (Lipinski definition) is 0. The van der Waals surface area contributed by atoms with Crippen LogP contribution in [0.25, 0.3) is 0 Å². The molecule has 0 aliphatic heterocycles. The second-order valence-corrected chi connectivity index (χ2v) is 10.2. The number of hydrogen-bond donors (Lipinski definition) is 0. The summed E-state index contributed by atoms with van der Waals surface area (Å²) in [7, 11) is 0. The van der Waals surface area contributed by atoms with E-state index in [4.69, 9.17) is 34.8 Å². The van der Waals surface area contributed by atoms with E-state index < -0.39 is 0 Å². The molecule has 0 nitrogen and oxygen atoms in total. The van der Waals surface area contributed by atoms with Crippen molar-refractivity contribution in [2.75, 3.05) is 0 Å². The first-order chi connectivity index (χ1) is 15.5. The van der Waals surface area contributed by atoms with Crippen LogP contribution in [0.1, 0.15) is 71.4 Å². The number of halogens is 3. The van der Waals surface area contributed by atoms with Crippen LogP contribution in [0, 0.1) is 5.92 Å². The minimum Gasteiger partial charge on any atom is -0.122 e. The van der Waals surface area contributed by atoms with E-state index in [9.17, 15) is 0 Å². The molecule has 0 saturated heterocycles. The van der Waals surface area contributed by atoms with Crippen molar-refractivity contribution >= 4 is 34.8 Å². The quantitative estimate of drug-likeness (QED) is 0.236. The lowest BCUT2D eigenvalue weighted by molar-refractivity contribution is 0.567. The number of alkyl halides is 3. The van der Waals surface area contributed by atoms with Gasteiger partial charge in [-0.3, -0.25) is 0 Å². The highest BCUT2D eigenvalue weighted by Crippen LogP contribution is 2.36. The van der Waals surface area contributed by atoms with Crippen molar-refractivity contribution in [2.24, 2.45) is 5.92 Å². The third-order valence-corrected chi connectivity index (χ3v) is 7.09. The van der Waals surface area contributed by atoms with Gasteiger partial charge >= 0.3 is 0 Å². The highest BCUT2D eigenvalue weighted by molar-refractivity contribution is 6.20. The second-order valence-electron chi connectivity index (χ2n) is 9.10. The molecule has 3 aromatic carbocycles. The first kappa shape index (κ1) is 25.2. The Bertz CT molecular complexity index is 928. The Hall–Kier alpha value is -1.47. The van der Waals surface area contributed by atoms with E-state index in [0.717, 1.165) is 42.4 Å². The van der Waals surface area contributed by atoms with Crippen molar-refractivity contribution in [3.05, 3.63) is 106 Å². The van der Waals surface area contributed by atoms with Gasteiger partial charge in [-0.25, -0.2) is 0 Å². The lowest BCUT2D eigenvalue weighted by Crippen LogP contribution is -2.06. The Labute approximate surface area is 208 Å². The molecule has 0 amide bonds. The minimum absolute atomic E-state index is 0.0366. The summed E-state index contributed by atoms with van der Waals surface area (Å²) in [5.74, 6) is 2.13. The fourth-order valence-corrected chi connectivity index (χ4v) is 4.87.